The Hall–Kier alpha value is -1.54. The smallest absolute Gasteiger partial charge is 0.211 e. The summed E-state index contributed by atoms with van der Waals surface area (Å²) in [4.78, 5) is 14.6. The van der Waals surface area contributed by atoms with E-state index in [2.05, 4.69) is 4.99 Å². The predicted molar refractivity (Wildman–Crippen MR) is 69.0 cm³/mol. The van der Waals surface area contributed by atoms with Crippen molar-refractivity contribution in [3.63, 3.8) is 0 Å². The van der Waals surface area contributed by atoms with Gasteiger partial charge in [0.1, 0.15) is 0 Å². The highest BCUT2D eigenvalue weighted by molar-refractivity contribution is 5.44. The van der Waals surface area contributed by atoms with Gasteiger partial charge in [0, 0.05) is 12.5 Å². The van der Waals surface area contributed by atoms with Gasteiger partial charge in [0.2, 0.25) is 6.08 Å². The Morgan fingerprint density at radius 2 is 1.95 bits per heavy atom. The quantitative estimate of drug-likeness (QED) is 0.594. The van der Waals surface area contributed by atoms with Gasteiger partial charge in [-0.3, -0.25) is 0 Å². The van der Waals surface area contributed by atoms with E-state index in [-0.39, 0.29) is 5.56 Å². The van der Waals surface area contributed by atoms with Crippen molar-refractivity contribution in [3.8, 4) is 0 Å². The van der Waals surface area contributed by atoms with E-state index in [4.69, 9.17) is 0 Å². The van der Waals surface area contributed by atoms with Crippen molar-refractivity contribution < 1.29 is 13.6 Å². The molecule has 0 atom stereocenters. The minimum atomic E-state index is -2.93. The summed E-state index contributed by atoms with van der Waals surface area (Å²) in [5.74, 6) is -2.93. The molecule has 1 aromatic carbocycles. The molecule has 4 heteroatoms. The predicted octanol–water partition coefficient (Wildman–Crippen LogP) is 4.21. The van der Waals surface area contributed by atoms with Gasteiger partial charge in [-0.15, -0.1) is 0 Å². The summed E-state index contributed by atoms with van der Waals surface area (Å²) in [6.07, 6.45) is 4.64. The number of alkyl halides is 2. The van der Waals surface area contributed by atoms with Gasteiger partial charge in [0.25, 0.3) is 5.92 Å². The van der Waals surface area contributed by atoms with Crippen LogP contribution in [0.2, 0.25) is 0 Å². The van der Waals surface area contributed by atoms with Crippen LogP contribution in [-0.4, -0.2) is 6.08 Å². The van der Waals surface area contributed by atoms with Crippen molar-refractivity contribution in [2.24, 2.45) is 4.99 Å². The highest BCUT2D eigenvalue weighted by atomic mass is 19.3. The molecule has 0 unspecified atom stereocenters. The van der Waals surface area contributed by atoms with Gasteiger partial charge in [-0.2, -0.15) is 4.99 Å². The van der Waals surface area contributed by atoms with E-state index < -0.39 is 11.5 Å². The normalized spacial score (nSPS) is 18.1. The molecule has 1 aliphatic carbocycles. The highest BCUT2D eigenvalue weighted by Gasteiger charge is 2.41. The molecule has 0 saturated heterocycles. The van der Waals surface area contributed by atoms with Gasteiger partial charge >= 0.3 is 0 Å². The molecule has 0 aromatic heterocycles. The summed E-state index contributed by atoms with van der Waals surface area (Å²) in [5.41, 5.74) is 0.554. The molecule has 102 valence electrons. The Morgan fingerprint density at radius 1 is 1.32 bits per heavy atom. The van der Waals surface area contributed by atoms with Gasteiger partial charge in [-0.1, -0.05) is 36.6 Å². The third-order valence-corrected chi connectivity index (χ3v) is 3.84. The fraction of sp³-hybridized carbons (Fsp3) is 0.533. The lowest BCUT2D eigenvalue weighted by atomic mass is 9.83. The van der Waals surface area contributed by atoms with Crippen molar-refractivity contribution in [1.82, 2.24) is 0 Å². The molecule has 1 aliphatic rings. The first-order valence-corrected chi connectivity index (χ1v) is 6.47. The average molecular weight is 265 g/mol. The number of nitrogens with zero attached hydrogens (tertiary/aromatic N) is 1. The molecule has 19 heavy (non-hydrogen) atoms. The molecule has 2 nitrogen and oxygen atoms in total. The molecular weight excluding hydrogens is 248 g/mol. The van der Waals surface area contributed by atoms with Crippen LogP contribution in [-0.2, 0) is 16.3 Å². The van der Waals surface area contributed by atoms with Crippen molar-refractivity contribution in [2.45, 2.75) is 51.0 Å². The molecule has 0 radical (unpaired) electrons. The summed E-state index contributed by atoms with van der Waals surface area (Å²) in [5, 5.41) is 0. The Morgan fingerprint density at radius 3 is 2.47 bits per heavy atom. The van der Waals surface area contributed by atoms with Gasteiger partial charge in [-0.25, -0.2) is 13.6 Å². The Balaban J connectivity index is 2.65. The van der Waals surface area contributed by atoms with Crippen molar-refractivity contribution in [2.75, 3.05) is 0 Å². The number of benzene rings is 1. The van der Waals surface area contributed by atoms with Crippen LogP contribution in [0.3, 0.4) is 0 Å². The van der Waals surface area contributed by atoms with Gasteiger partial charge in [0.05, 0.1) is 5.54 Å². The fourth-order valence-corrected chi connectivity index (χ4v) is 2.91. The van der Waals surface area contributed by atoms with Gasteiger partial charge < -0.3 is 0 Å². The standard InChI is InChI=1S/C15H17F2NO/c1-11-5-6-12(14(2,16)17)13(9-11)15(18-10-19)7-3-4-8-15/h5-6,9H,3-4,7-8H2,1-2H3. The van der Waals surface area contributed by atoms with E-state index >= 15 is 0 Å². The SMILES string of the molecule is Cc1ccc(C(C)(F)F)c(C2(N=C=O)CCCC2)c1. The highest BCUT2D eigenvalue weighted by Crippen LogP contribution is 2.46. The Labute approximate surface area is 111 Å². The lowest BCUT2D eigenvalue weighted by Gasteiger charge is -2.28. The van der Waals surface area contributed by atoms with Crippen LogP contribution in [0, 0.1) is 6.92 Å². The van der Waals surface area contributed by atoms with E-state index in [1.165, 1.54) is 6.07 Å². The third-order valence-electron chi connectivity index (χ3n) is 3.84. The number of aryl methyl sites for hydroxylation is 1. The van der Waals surface area contributed by atoms with Crippen LogP contribution in [0.5, 0.6) is 0 Å². The van der Waals surface area contributed by atoms with E-state index in [1.54, 1.807) is 18.2 Å². The monoisotopic (exact) mass is 265 g/mol. The van der Waals surface area contributed by atoms with Crippen molar-refractivity contribution >= 4 is 6.08 Å². The second-order valence-corrected chi connectivity index (χ2v) is 5.38. The van der Waals surface area contributed by atoms with Crippen LogP contribution < -0.4 is 0 Å². The molecule has 1 aromatic rings. The maximum Gasteiger partial charge on any atom is 0.270 e. The first kappa shape index (κ1) is 13.9. The maximum atomic E-state index is 13.8. The number of halogens is 2. The minimum Gasteiger partial charge on any atom is -0.211 e. The van der Waals surface area contributed by atoms with Crippen LogP contribution in [0.25, 0.3) is 0 Å². The number of hydrogen-bond donors (Lipinski definition) is 0. The van der Waals surface area contributed by atoms with E-state index in [0.717, 1.165) is 25.3 Å². The number of aliphatic imine (C=N–C) groups is 1. The molecule has 0 amide bonds. The number of hydrogen-bond acceptors (Lipinski definition) is 2. The number of isocyanates is 1. The summed E-state index contributed by atoms with van der Waals surface area (Å²) in [6, 6.07) is 4.85. The Kier molecular flexibility index (Phi) is 3.55. The minimum absolute atomic E-state index is 0.0287. The largest absolute Gasteiger partial charge is 0.270 e. The van der Waals surface area contributed by atoms with Gasteiger partial charge in [0.15, 0.2) is 0 Å². The van der Waals surface area contributed by atoms with Gasteiger partial charge in [-0.05, 0) is 25.3 Å². The number of carbonyl (C=O) groups excluding carboxylic acids is 1. The van der Waals surface area contributed by atoms with Crippen LogP contribution in [0.15, 0.2) is 23.2 Å². The van der Waals surface area contributed by atoms with E-state index in [9.17, 15) is 13.6 Å². The zero-order valence-electron chi connectivity index (χ0n) is 11.2. The third kappa shape index (κ3) is 2.59. The van der Waals surface area contributed by atoms with Crippen LogP contribution >= 0.6 is 0 Å². The zero-order valence-corrected chi connectivity index (χ0v) is 11.2. The molecule has 0 spiro atoms. The summed E-state index contributed by atoms with van der Waals surface area (Å²) in [6.45, 7) is 2.74. The molecule has 1 fully saturated rings. The van der Waals surface area contributed by atoms with Crippen molar-refractivity contribution in [3.05, 3.63) is 34.9 Å². The summed E-state index contributed by atoms with van der Waals surface area (Å²) in [7, 11) is 0. The summed E-state index contributed by atoms with van der Waals surface area (Å²) >= 11 is 0. The topological polar surface area (TPSA) is 29.4 Å². The lowest BCUT2D eigenvalue weighted by molar-refractivity contribution is 0.0153. The van der Waals surface area contributed by atoms with Crippen LogP contribution in [0.4, 0.5) is 8.78 Å². The van der Waals surface area contributed by atoms with Crippen LogP contribution in [0.1, 0.15) is 49.3 Å². The lowest BCUT2D eigenvalue weighted by Crippen LogP contribution is -2.24. The molecule has 2 rings (SSSR count). The molecule has 0 aliphatic heterocycles. The second kappa shape index (κ2) is 4.86. The van der Waals surface area contributed by atoms with E-state index in [0.29, 0.717) is 18.4 Å². The Bertz CT molecular complexity index is 521. The first-order chi connectivity index (χ1) is 8.89. The molecular formula is C15H17F2NO. The fourth-order valence-electron chi connectivity index (χ4n) is 2.91. The maximum absolute atomic E-state index is 13.8. The molecule has 1 saturated carbocycles. The average Bonchev–Trinajstić information content (AvgIpc) is 2.77. The number of rotatable bonds is 3. The molecule has 0 N–H and O–H groups in total. The summed E-state index contributed by atoms with van der Waals surface area (Å²) < 4.78 is 27.5. The molecule has 0 bridgehead atoms. The van der Waals surface area contributed by atoms with Crippen molar-refractivity contribution in [1.29, 1.82) is 0 Å². The molecule has 0 heterocycles. The zero-order chi connectivity index (χ0) is 14.1. The van der Waals surface area contributed by atoms with E-state index in [1.807, 2.05) is 6.92 Å². The first-order valence-electron chi connectivity index (χ1n) is 6.47. The second-order valence-electron chi connectivity index (χ2n) is 5.38.